The molecule has 3 nitrogen and oxygen atoms in total. The summed E-state index contributed by atoms with van der Waals surface area (Å²) >= 11 is 5.90. The fourth-order valence-corrected chi connectivity index (χ4v) is 4.17. The third kappa shape index (κ3) is 1.99. The normalized spacial score (nSPS) is 20.4. The summed E-state index contributed by atoms with van der Waals surface area (Å²) in [6.45, 7) is 2.00. The van der Waals surface area contributed by atoms with Gasteiger partial charge >= 0.3 is 0 Å². The van der Waals surface area contributed by atoms with E-state index in [0.29, 0.717) is 21.8 Å². The van der Waals surface area contributed by atoms with Crippen molar-refractivity contribution in [3.05, 3.63) is 47.0 Å². The lowest BCUT2D eigenvalue weighted by Gasteiger charge is -2.25. The highest BCUT2D eigenvalue weighted by Crippen LogP contribution is 2.49. The molecule has 1 unspecified atom stereocenters. The summed E-state index contributed by atoms with van der Waals surface area (Å²) in [7, 11) is -3.64. The van der Waals surface area contributed by atoms with E-state index in [1.165, 1.54) is 6.07 Å². The van der Waals surface area contributed by atoms with Crippen LogP contribution in [0.15, 0.2) is 36.4 Å². The molecule has 2 aromatic carbocycles. The maximum atomic E-state index is 12.7. The molecule has 19 heavy (non-hydrogen) atoms. The molecule has 3 rings (SSSR count). The Morgan fingerprint density at radius 3 is 2.47 bits per heavy atom. The van der Waals surface area contributed by atoms with Gasteiger partial charge in [0.05, 0.1) is 10.6 Å². The largest absolute Gasteiger partial charge is 0.456 e. The molecule has 1 aliphatic heterocycles. The van der Waals surface area contributed by atoms with Gasteiger partial charge in [-0.3, -0.25) is 4.57 Å². The molecule has 0 amide bonds. The first kappa shape index (κ1) is 12.7. The van der Waals surface area contributed by atoms with Crippen molar-refractivity contribution in [2.45, 2.75) is 13.3 Å². The van der Waals surface area contributed by atoms with Crippen LogP contribution in [0.25, 0.3) is 0 Å². The van der Waals surface area contributed by atoms with E-state index in [-0.39, 0.29) is 5.30 Å². The Hall–Kier alpha value is -1.28. The van der Waals surface area contributed by atoms with Gasteiger partial charge in [-0.05, 0) is 42.3 Å². The van der Waals surface area contributed by atoms with Gasteiger partial charge in [-0.25, -0.2) is 0 Å². The molecule has 1 aliphatic rings. The second-order valence-corrected chi connectivity index (χ2v) is 7.00. The first-order chi connectivity index (χ1) is 9.02. The summed E-state index contributed by atoms with van der Waals surface area (Å²) in [5.41, 5.74) is 1.00. The molecule has 1 N–H and O–H groups in total. The van der Waals surface area contributed by atoms with Crippen LogP contribution in [0.5, 0.6) is 11.5 Å². The van der Waals surface area contributed by atoms with Crippen molar-refractivity contribution >= 4 is 29.6 Å². The van der Waals surface area contributed by atoms with E-state index in [1.807, 2.05) is 13.0 Å². The molecule has 0 radical (unpaired) electrons. The lowest BCUT2D eigenvalue weighted by Crippen LogP contribution is -2.24. The highest BCUT2D eigenvalue weighted by Gasteiger charge is 2.36. The lowest BCUT2D eigenvalue weighted by molar-refractivity contribution is 0.465. The van der Waals surface area contributed by atoms with Gasteiger partial charge in [0.15, 0.2) is 0 Å². The summed E-state index contributed by atoms with van der Waals surface area (Å²) in [6.07, 6.45) is 0.801. The second kappa shape index (κ2) is 4.38. The number of ether oxygens (including phenoxy) is 1. The zero-order valence-electron chi connectivity index (χ0n) is 10.3. The van der Waals surface area contributed by atoms with Crippen molar-refractivity contribution in [1.29, 1.82) is 0 Å². The van der Waals surface area contributed by atoms with Crippen molar-refractivity contribution in [2.24, 2.45) is 0 Å². The Morgan fingerprint density at radius 2 is 1.79 bits per heavy atom. The van der Waals surface area contributed by atoms with E-state index in [9.17, 15) is 9.46 Å². The van der Waals surface area contributed by atoms with Gasteiger partial charge in [0, 0.05) is 5.02 Å². The van der Waals surface area contributed by atoms with E-state index in [2.05, 4.69) is 0 Å². The van der Waals surface area contributed by atoms with Crippen molar-refractivity contribution in [3.8, 4) is 11.5 Å². The van der Waals surface area contributed by atoms with Crippen molar-refractivity contribution < 1.29 is 14.2 Å². The van der Waals surface area contributed by atoms with Crippen LogP contribution in [-0.4, -0.2) is 4.89 Å². The topological polar surface area (TPSA) is 46.5 Å². The standard InChI is InChI=1S/C14H12ClO3P/c1-2-9-3-5-11-13(7-9)19(16,17)14-8-10(15)4-6-12(14)18-11/h3-8H,2H2,1H3,(H,16,17). The smallest absolute Gasteiger partial charge is 0.266 e. The maximum absolute atomic E-state index is 12.7. The fourth-order valence-electron chi connectivity index (χ4n) is 2.17. The average Bonchev–Trinajstić information content (AvgIpc) is 2.40. The predicted octanol–water partition coefficient (Wildman–Crippen LogP) is 3.23. The van der Waals surface area contributed by atoms with E-state index >= 15 is 0 Å². The van der Waals surface area contributed by atoms with Gasteiger partial charge in [-0.15, -0.1) is 0 Å². The molecule has 0 saturated carbocycles. The molecule has 5 heteroatoms. The minimum atomic E-state index is -3.64. The van der Waals surface area contributed by atoms with Crippen LogP contribution in [0, 0.1) is 0 Å². The Balaban J connectivity index is 2.25. The molecule has 0 fully saturated rings. The lowest BCUT2D eigenvalue weighted by atomic mass is 10.2. The molecule has 98 valence electrons. The summed E-state index contributed by atoms with van der Waals surface area (Å²) in [6, 6.07) is 10.1. The minimum absolute atomic E-state index is 0.265. The van der Waals surface area contributed by atoms with Crippen LogP contribution < -0.4 is 15.3 Å². The summed E-state index contributed by atoms with van der Waals surface area (Å²) in [5.74, 6) is 0.838. The van der Waals surface area contributed by atoms with Crippen molar-refractivity contribution in [2.75, 3.05) is 0 Å². The molecule has 0 bridgehead atoms. The average molecular weight is 295 g/mol. The Morgan fingerprint density at radius 1 is 1.16 bits per heavy atom. The summed E-state index contributed by atoms with van der Waals surface area (Å²) < 4.78 is 18.4. The number of rotatable bonds is 1. The number of halogens is 1. The summed E-state index contributed by atoms with van der Waals surface area (Å²) in [5, 5.41) is 1.04. The Labute approximate surface area is 116 Å². The number of aryl methyl sites for hydroxylation is 1. The molecule has 1 atom stereocenters. The van der Waals surface area contributed by atoms with Crippen molar-refractivity contribution in [3.63, 3.8) is 0 Å². The minimum Gasteiger partial charge on any atom is -0.456 e. The molecule has 0 saturated heterocycles. The first-order valence-corrected chi connectivity index (χ1v) is 8.00. The van der Waals surface area contributed by atoms with Crippen LogP contribution in [0.3, 0.4) is 0 Å². The summed E-state index contributed by atoms with van der Waals surface area (Å²) in [4.78, 5) is 10.4. The van der Waals surface area contributed by atoms with Gasteiger partial charge < -0.3 is 9.63 Å². The monoisotopic (exact) mass is 294 g/mol. The van der Waals surface area contributed by atoms with E-state index in [4.69, 9.17) is 16.3 Å². The Bertz CT molecular complexity index is 712. The van der Waals surface area contributed by atoms with Crippen LogP contribution in [0.4, 0.5) is 0 Å². The molecule has 0 aliphatic carbocycles. The molecule has 1 heterocycles. The number of fused-ring (bicyclic) bond motifs is 2. The molecular weight excluding hydrogens is 283 g/mol. The van der Waals surface area contributed by atoms with Crippen LogP contribution >= 0.6 is 19.0 Å². The molecule has 0 aromatic heterocycles. The third-order valence-corrected chi connectivity index (χ3v) is 5.47. The van der Waals surface area contributed by atoms with E-state index in [1.54, 1.807) is 24.3 Å². The van der Waals surface area contributed by atoms with Crippen molar-refractivity contribution in [1.82, 2.24) is 0 Å². The van der Waals surface area contributed by atoms with Crippen LogP contribution in [0.2, 0.25) is 5.02 Å². The van der Waals surface area contributed by atoms with E-state index < -0.39 is 7.37 Å². The number of hydrogen-bond donors (Lipinski definition) is 1. The molecule has 2 aromatic rings. The van der Waals surface area contributed by atoms with Gasteiger partial charge in [0.25, 0.3) is 7.37 Å². The zero-order valence-corrected chi connectivity index (χ0v) is 11.9. The van der Waals surface area contributed by atoms with Gasteiger partial charge in [0.2, 0.25) is 0 Å². The molecular formula is C14H12ClO3P. The van der Waals surface area contributed by atoms with Gasteiger partial charge in [-0.1, -0.05) is 24.6 Å². The second-order valence-electron chi connectivity index (χ2n) is 4.45. The van der Waals surface area contributed by atoms with E-state index in [0.717, 1.165) is 12.0 Å². The fraction of sp³-hybridized carbons (Fsp3) is 0.143. The first-order valence-electron chi connectivity index (χ1n) is 5.96. The predicted molar refractivity (Wildman–Crippen MR) is 76.4 cm³/mol. The number of hydrogen-bond acceptors (Lipinski definition) is 2. The highest BCUT2D eigenvalue weighted by molar-refractivity contribution is 7.74. The number of benzene rings is 2. The zero-order chi connectivity index (χ0) is 13.6. The molecule has 0 spiro atoms. The van der Waals surface area contributed by atoms with Crippen LogP contribution in [0.1, 0.15) is 12.5 Å². The third-order valence-electron chi connectivity index (χ3n) is 3.23. The van der Waals surface area contributed by atoms with Gasteiger partial charge in [-0.2, -0.15) is 0 Å². The SMILES string of the molecule is CCc1ccc2c(c1)P(=O)(O)c1cc(Cl)ccc1O2. The highest BCUT2D eigenvalue weighted by atomic mass is 35.5. The van der Waals surface area contributed by atoms with Crippen LogP contribution in [-0.2, 0) is 11.0 Å². The Kier molecular flexibility index (Phi) is 2.94. The maximum Gasteiger partial charge on any atom is 0.266 e. The quantitative estimate of drug-likeness (QED) is 0.821. The van der Waals surface area contributed by atoms with Gasteiger partial charge in [0.1, 0.15) is 11.5 Å².